The van der Waals surface area contributed by atoms with E-state index in [4.69, 9.17) is 4.74 Å². The lowest BCUT2D eigenvalue weighted by molar-refractivity contribution is -0.0408. The van der Waals surface area contributed by atoms with Gasteiger partial charge in [-0.15, -0.1) is 0 Å². The number of aryl methyl sites for hydroxylation is 2. The number of hydrogen-bond acceptors (Lipinski definition) is 2. The van der Waals surface area contributed by atoms with Crippen LogP contribution >= 0.6 is 0 Å². The Labute approximate surface area is 120 Å². The highest BCUT2D eigenvalue weighted by Gasteiger charge is 2.25. The van der Waals surface area contributed by atoms with Gasteiger partial charge in [-0.25, -0.2) is 0 Å². The Morgan fingerprint density at radius 3 is 2.35 bits per heavy atom. The maximum absolute atomic E-state index is 6.32. The van der Waals surface area contributed by atoms with Gasteiger partial charge in [-0.1, -0.05) is 54.1 Å². The van der Waals surface area contributed by atoms with Gasteiger partial charge in [0.15, 0.2) is 0 Å². The van der Waals surface area contributed by atoms with Crippen molar-refractivity contribution >= 4 is 0 Å². The summed E-state index contributed by atoms with van der Waals surface area (Å²) < 4.78 is 6.32. The molecule has 0 aromatic heterocycles. The van der Waals surface area contributed by atoms with E-state index in [-0.39, 0.29) is 12.2 Å². The van der Waals surface area contributed by atoms with E-state index in [0.29, 0.717) is 0 Å². The first-order chi connectivity index (χ1) is 9.74. The van der Waals surface area contributed by atoms with Gasteiger partial charge in [0.25, 0.3) is 0 Å². The lowest BCUT2D eigenvalue weighted by Crippen LogP contribution is -2.36. The average molecular weight is 267 g/mol. The van der Waals surface area contributed by atoms with E-state index in [9.17, 15) is 0 Å². The van der Waals surface area contributed by atoms with Crippen LogP contribution in [0.25, 0.3) is 0 Å². The largest absolute Gasteiger partial charge is 0.363 e. The summed E-state index contributed by atoms with van der Waals surface area (Å²) in [5, 5.41) is 3.50. The third-order valence-electron chi connectivity index (χ3n) is 3.97. The van der Waals surface area contributed by atoms with Crippen LogP contribution in [0.3, 0.4) is 0 Å². The number of ether oxygens (including phenoxy) is 1. The minimum absolute atomic E-state index is 0.133. The first-order valence-electron chi connectivity index (χ1n) is 7.22. The summed E-state index contributed by atoms with van der Waals surface area (Å²) >= 11 is 0. The quantitative estimate of drug-likeness (QED) is 0.895. The molecule has 1 heterocycles. The van der Waals surface area contributed by atoms with Gasteiger partial charge < -0.3 is 10.1 Å². The van der Waals surface area contributed by atoms with Crippen LogP contribution < -0.4 is 5.32 Å². The minimum atomic E-state index is 0.133. The van der Waals surface area contributed by atoms with E-state index in [0.717, 1.165) is 13.1 Å². The molecule has 2 heteroatoms. The molecular weight excluding hydrogens is 246 g/mol. The van der Waals surface area contributed by atoms with Gasteiger partial charge in [-0.05, 0) is 30.5 Å². The minimum Gasteiger partial charge on any atom is -0.363 e. The summed E-state index contributed by atoms with van der Waals surface area (Å²) in [6.45, 7) is 6.02. The summed E-state index contributed by atoms with van der Waals surface area (Å²) in [6.07, 6.45) is 0.269. The van der Waals surface area contributed by atoms with E-state index in [2.05, 4.69) is 67.7 Å². The van der Waals surface area contributed by atoms with Crippen molar-refractivity contribution in [1.29, 1.82) is 0 Å². The number of morpholine rings is 1. The highest BCUT2D eigenvalue weighted by Crippen LogP contribution is 2.30. The Bertz CT molecular complexity index is 576. The average Bonchev–Trinajstić information content (AvgIpc) is 2.49. The number of nitrogens with one attached hydrogen (secondary N) is 1. The Kier molecular flexibility index (Phi) is 3.86. The van der Waals surface area contributed by atoms with E-state index >= 15 is 0 Å². The Morgan fingerprint density at radius 2 is 1.60 bits per heavy atom. The van der Waals surface area contributed by atoms with E-state index in [1.807, 2.05) is 0 Å². The van der Waals surface area contributed by atoms with Crippen LogP contribution in [-0.4, -0.2) is 13.1 Å². The second kappa shape index (κ2) is 5.78. The third-order valence-corrected chi connectivity index (χ3v) is 3.97. The molecule has 0 spiro atoms. The third kappa shape index (κ3) is 2.77. The fourth-order valence-electron chi connectivity index (χ4n) is 2.75. The van der Waals surface area contributed by atoms with Gasteiger partial charge in [0.1, 0.15) is 0 Å². The molecule has 3 rings (SSSR count). The predicted molar refractivity (Wildman–Crippen MR) is 81.8 cm³/mol. The number of hydrogen-bond donors (Lipinski definition) is 1. The summed E-state index contributed by atoms with van der Waals surface area (Å²) in [7, 11) is 0. The molecule has 1 N–H and O–H groups in total. The van der Waals surface area contributed by atoms with Gasteiger partial charge in [0.2, 0.25) is 0 Å². The van der Waals surface area contributed by atoms with Gasteiger partial charge in [-0.2, -0.15) is 0 Å². The maximum atomic E-state index is 6.32. The van der Waals surface area contributed by atoms with Crippen LogP contribution in [0.2, 0.25) is 0 Å². The van der Waals surface area contributed by atoms with Crippen LogP contribution in [-0.2, 0) is 4.74 Å². The topological polar surface area (TPSA) is 21.3 Å². The fraction of sp³-hybridized carbons (Fsp3) is 0.333. The predicted octanol–water partition coefficient (Wildman–Crippen LogP) is 3.71. The van der Waals surface area contributed by atoms with Crippen LogP contribution in [0.1, 0.15) is 34.5 Å². The lowest BCUT2D eigenvalue weighted by atomic mass is 10.0. The van der Waals surface area contributed by atoms with Crippen LogP contribution in [0.5, 0.6) is 0 Å². The van der Waals surface area contributed by atoms with Crippen molar-refractivity contribution in [2.75, 3.05) is 13.1 Å². The molecule has 0 radical (unpaired) electrons. The second-order valence-corrected chi connectivity index (χ2v) is 5.54. The Morgan fingerprint density at radius 1 is 0.900 bits per heavy atom. The maximum Gasteiger partial charge on any atom is 0.0960 e. The molecule has 0 bridgehead atoms. The van der Waals surface area contributed by atoms with Crippen LogP contribution in [0.4, 0.5) is 0 Å². The van der Waals surface area contributed by atoms with Crippen molar-refractivity contribution in [2.45, 2.75) is 26.1 Å². The number of benzene rings is 2. The van der Waals surface area contributed by atoms with E-state index in [1.165, 1.54) is 22.3 Å². The Balaban J connectivity index is 1.80. The summed E-state index contributed by atoms with van der Waals surface area (Å²) in [6, 6.07) is 17.1. The zero-order valence-electron chi connectivity index (χ0n) is 12.1. The fourth-order valence-corrected chi connectivity index (χ4v) is 2.75. The normalized spacial score (nSPS) is 22.7. The van der Waals surface area contributed by atoms with Crippen molar-refractivity contribution in [1.82, 2.24) is 5.32 Å². The lowest BCUT2D eigenvalue weighted by Gasteiger charge is -2.32. The van der Waals surface area contributed by atoms with E-state index < -0.39 is 0 Å². The smallest absolute Gasteiger partial charge is 0.0960 e. The SMILES string of the molecule is Cc1ccc(C2CNCC(c3ccccc3C)O2)cc1. The molecule has 2 nitrogen and oxygen atoms in total. The molecule has 1 aliphatic rings. The van der Waals surface area contributed by atoms with Gasteiger partial charge in [0.05, 0.1) is 12.2 Å². The van der Waals surface area contributed by atoms with Crippen LogP contribution in [0.15, 0.2) is 48.5 Å². The summed E-state index contributed by atoms with van der Waals surface area (Å²) in [5.74, 6) is 0. The van der Waals surface area contributed by atoms with Crippen molar-refractivity contribution in [3.63, 3.8) is 0 Å². The molecule has 104 valence electrons. The molecule has 0 saturated carbocycles. The molecule has 0 amide bonds. The standard InChI is InChI=1S/C18H21NO/c1-13-7-9-15(10-8-13)17-11-19-12-18(20-17)16-6-4-3-5-14(16)2/h3-10,17-19H,11-12H2,1-2H3. The summed E-state index contributed by atoms with van der Waals surface area (Å²) in [4.78, 5) is 0. The molecule has 2 aromatic rings. The van der Waals surface area contributed by atoms with Crippen molar-refractivity contribution in [2.24, 2.45) is 0 Å². The molecule has 0 aliphatic carbocycles. The molecule has 2 atom stereocenters. The van der Waals surface area contributed by atoms with E-state index in [1.54, 1.807) is 0 Å². The molecular formula is C18H21NO. The molecule has 1 fully saturated rings. The molecule has 20 heavy (non-hydrogen) atoms. The molecule has 1 saturated heterocycles. The molecule has 1 aliphatic heterocycles. The zero-order chi connectivity index (χ0) is 13.9. The first kappa shape index (κ1) is 13.3. The molecule has 2 unspecified atom stereocenters. The second-order valence-electron chi connectivity index (χ2n) is 5.54. The zero-order valence-corrected chi connectivity index (χ0v) is 12.1. The van der Waals surface area contributed by atoms with Crippen molar-refractivity contribution < 1.29 is 4.74 Å². The van der Waals surface area contributed by atoms with Crippen LogP contribution in [0, 0.1) is 13.8 Å². The van der Waals surface area contributed by atoms with Gasteiger partial charge in [-0.3, -0.25) is 0 Å². The van der Waals surface area contributed by atoms with Crippen molar-refractivity contribution in [3.8, 4) is 0 Å². The monoisotopic (exact) mass is 267 g/mol. The van der Waals surface area contributed by atoms with Gasteiger partial charge >= 0.3 is 0 Å². The van der Waals surface area contributed by atoms with Crippen molar-refractivity contribution in [3.05, 3.63) is 70.8 Å². The summed E-state index contributed by atoms with van der Waals surface area (Å²) in [5.41, 5.74) is 5.12. The van der Waals surface area contributed by atoms with Gasteiger partial charge in [0, 0.05) is 13.1 Å². The number of rotatable bonds is 2. The first-order valence-corrected chi connectivity index (χ1v) is 7.22. The molecule has 2 aromatic carbocycles. The highest BCUT2D eigenvalue weighted by atomic mass is 16.5. The Hall–Kier alpha value is -1.64. The highest BCUT2D eigenvalue weighted by molar-refractivity contribution is 5.29.